The number of sulfone groups is 1. The van der Waals surface area contributed by atoms with Crippen molar-refractivity contribution in [3.63, 3.8) is 0 Å². The minimum atomic E-state index is -3.25. The molecule has 0 aliphatic rings. The summed E-state index contributed by atoms with van der Waals surface area (Å²) in [4.78, 5) is 13.2. The molecule has 2 aromatic heterocycles. The monoisotopic (exact) mass is 380 g/mol. The van der Waals surface area contributed by atoms with E-state index in [0.29, 0.717) is 11.9 Å². The topological polar surface area (TPSA) is 86.8 Å². The number of nitrogens with zero attached hydrogens (tertiary/aromatic N) is 4. The van der Waals surface area contributed by atoms with E-state index in [1.165, 1.54) is 6.26 Å². The third-order valence-corrected chi connectivity index (χ3v) is 5.50. The van der Waals surface area contributed by atoms with Crippen LogP contribution in [0.4, 0.5) is 0 Å². The maximum Gasteiger partial charge on any atom is 0.258 e. The Balaban J connectivity index is 1.83. The zero-order valence-electron chi connectivity index (χ0n) is 14.5. The Morgan fingerprint density at radius 3 is 2.19 bits per heavy atom. The van der Waals surface area contributed by atoms with Crippen LogP contribution in [0.3, 0.4) is 0 Å². The Hall–Kier alpha value is -3.26. The van der Waals surface area contributed by atoms with Gasteiger partial charge in [0.05, 0.1) is 17.1 Å². The van der Waals surface area contributed by atoms with Crippen LogP contribution in [0.2, 0.25) is 0 Å². The molecule has 4 aromatic rings. The van der Waals surface area contributed by atoms with Crippen LogP contribution >= 0.6 is 0 Å². The third kappa shape index (κ3) is 3.26. The van der Waals surface area contributed by atoms with Crippen molar-refractivity contribution in [1.29, 1.82) is 0 Å². The van der Waals surface area contributed by atoms with E-state index in [1.54, 1.807) is 58.3 Å². The Labute approximate surface area is 155 Å². The number of fused-ring (bicyclic) bond motifs is 1. The third-order valence-electron chi connectivity index (χ3n) is 4.37. The van der Waals surface area contributed by atoms with Crippen LogP contribution in [0.15, 0.2) is 77.1 Å². The lowest BCUT2D eigenvalue weighted by Crippen LogP contribution is -2.21. The summed E-state index contributed by atoms with van der Waals surface area (Å²) < 4.78 is 26.6. The van der Waals surface area contributed by atoms with E-state index in [1.807, 2.05) is 18.2 Å². The standard InChI is InChI=1S/C19H16N4O3S/c1-27(25,26)15-8-6-14(7-9-15)10-22-11-18(23-12-20-21-13-23)16-4-2-3-5-17(16)19(22)24/h2-9,11-13H,10H2,1H3. The quantitative estimate of drug-likeness (QED) is 0.541. The van der Waals surface area contributed by atoms with E-state index in [9.17, 15) is 13.2 Å². The molecule has 0 amide bonds. The van der Waals surface area contributed by atoms with Crippen molar-refractivity contribution < 1.29 is 8.42 Å². The van der Waals surface area contributed by atoms with Crippen LogP contribution in [0, 0.1) is 0 Å². The van der Waals surface area contributed by atoms with Crippen molar-refractivity contribution >= 4 is 20.6 Å². The lowest BCUT2D eigenvalue weighted by atomic mass is 10.1. The number of hydrogen-bond acceptors (Lipinski definition) is 5. The van der Waals surface area contributed by atoms with Gasteiger partial charge in [-0.3, -0.25) is 9.36 Å². The van der Waals surface area contributed by atoms with E-state index in [-0.39, 0.29) is 10.5 Å². The van der Waals surface area contributed by atoms with Gasteiger partial charge in [-0.1, -0.05) is 30.3 Å². The van der Waals surface area contributed by atoms with Gasteiger partial charge in [-0.15, -0.1) is 10.2 Å². The average molecular weight is 380 g/mol. The van der Waals surface area contributed by atoms with Gasteiger partial charge in [-0.05, 0) is 23.8 Å². The average Bonchev–Trinajstić information content (AvgIpc) is 3.18. The predicted molar refractivity (Wildman–Crippen MR) is 102 cm³/mol. The van der Waals surface area contributed by atoms with Gasteiger partial charge in [0.2, 0.25) is 0 Å². The lowest BCUT2D eigenvalue weighted by Gasteiger charge is -2.13. The Kier molecular flexibility index (Phi) is 4.12. The van der Waals surface area contributed by atoms with Gasteiger partial charge < -0.3 is 4.57 Å². The summed E-state index contributed by atoms with van der Waals surface area (Å²) in [5, 5.41) is 9.09. The number of benzene rings is 2. The van der Waals surface area contributed by atoms with Crippen molar-refractivity contribution in [3.8, 4) is 5.69 Å². The molecule has 27 heavy (non-hydrogen) atoms. The highest BCUT2D eigenvalue weighted by atomic mass is 32.2. The molecule has 0 fully saturated rings. The smallest absolute Gasteiger partial charge is 0.258 e. The molecule has 2 aromatic carbocycles. The summed E-state index contributed by atoms with van der Waals surface area (Å²) in [6.07, 6.45) is 6.09. The van der Waals surface area contributed by atoms with Crippen LogP contribution in [0.25, 0.3) is 16.5 Å². The molecular formula is C19H16N4O3S. The first-order valence-corrected chi connectivity index (χ1v) is 10.1. The first kappa shape index (κ1) is 17.2. The molecule has 0 aliphatic carbocycles. The fraction of sp³-hybridized carbons (Fsp3) is 0.105. The largest absolute Gasteiger partial charge is 0.308 e. The summed E-state index contributed by atoms with van der Waals surface area (Å²) in [6.45, 7) is 0.322. The van der Waals surface area contributed by atoms with E-state index in [4.69, 9.17) is 0 Å². The SMILES string of the molecule is CS(=O)(=O)c1ccc(Cn2cc(-n3cnnc3)c3ccccc3c2=O)cc1. The second-order valence-electron chi connectivity index (χ2n) is 6.28. The van der Waals surface area contributed by atoms with Gasteiger partial charge in [0.15, 0.2) is 9.84 Å². The molecule has 0 unspecified atom stereocenters. The minimum absolute atomic E-state index is 0.116. The van der Waals surface area contributed by atoms with Gasteiger partial charge in [0.1, 0.15) is 12.7 Å². The van der Waals surface area contributed by atoms with Gasteiger partial charge in [-0.25, -0.2) is 8.42 Å². The second-order valence-corrected chi connectivity index (χ2v) is 8.29. The molecule has 0 bridgehead atoms. The summed E-state index contributed by atoms with van der Waals surface area (Å²) in [5.41, 5.74) is 1.51. The predicted octanol–water partition coefficient (Wildman–Crippen LogP) is 2.03. The van der Waals surface area contributed by atoms with Crippen molar-refractivity contribution in [2.75, 3.05) is 6.26 Å². The van der Waals surface area contributed by atoms with Crippen molar-refractivity contribution in [3.05, 3.63) is 83.3 Å². The van der Waals surface area contributed by atoms with Crippen LogP contribution in [0.1, 0.15) is 5.56 Å². The number of aromatic nitrogens is 4. The molecule has 0 saturated heterocycles. The van der Waals surface area contributed by atoms with Gasteiger partial charge in [0, 0.05) is 23.2 Å². The van der Waals surface area contributed by atoms with E-state index < -0.39 is 9.84 Å². The Bertz CT molecular complexity index is 1280. The molecule has 2 heterocycles. The highest BCUT2D eigenvalue weighted by Gasteiger charge is 2.11. The number of pyridine rings is 1. The molecular weight excluding hydrogens is 364 g/mol. The highest BCUT2D eigenvalue weighted by molar-refractivity contribution is 7.90. The summed E-state index contributed by atoms with van der Waals surface area (Å²) in [5.74, 6) is 0. The van der Waals surface area contributed by atoms with Gasteiger partial charge in [-0.2, -0.15) is 0 Å². The molecule has 0 saturated carbocycles. The fourth-order valence-electron chi connectivity index (χ4n) is 3.01. The van der Waals surface area contributed by atoms with Crippen molar-refractivity contribution in [2.45, 2.75) is 11.4 Å². The molecule has 8 heteroatoms. The summed E-state index contributed by atoms with van der Waals surface area (Å²) in [7, 11) is -3.25. The van der Waals surface area contributed by atoms with Crippen LogP contribution in [-0.4, -0.2) is 34.0 Å². The first-order chi connectivity index (χ1) is 12.9. The van der Waals surface area contributed by atoms with Crippen LogP contribution in [-0.2, 0) is 16.4 Å². The minimum Gasteiger partial charge on any atom is -0.308 e. The van der Waals surface area contributed by atoms with E-state index >= 15 is 0 Å². The van der Waals surface area contributed by atoms with Gasteiger partial charge >= 0.3 is 0 Å². The molecule has 4 rings (SSSR count). The fourth-order valence-corrected chi connectivity index (χ4v) is 3.64. The zero-order chi connectivity index (χ0) is 19.0. The second kappa shape index (κ2) is 6.48. The maximum atomic E-state index is 12.9. The molecule has 0 radical (unpaired) electrons. The number of hydrogen-bond donors (Lipinski definition) is 0. The highest BCUT2D eigenvalue weighted by Crippen LogP contribution is 2.20. The van der Waals surface area contributed by atoms with Crippen molar-refractivity contribution in [1.82, 2.24) is 19.3 Å². The molecule has 0 aliphatic heterocycles. The molecule has 7 nitrogen and oxygen atoms in total. The molecule has 0 N–H and O–H groups in total. The Morgan fingerprint density at radius 1 is 0.926 bits per heavy atom. The summed E-state index contributed by atoms with van der Waals surface area (Å²) >= 11 is 0. The van der Waals surface area contributed by atoms with E-state index in [2.05, 4.69) is 10.2 Å². The van der Waals surface area contributed by atoms with E-state index in [0.717, 1.165) is 16.6 Å². The Morgan fingerprint density at radius 2 is 1.56 bits per heavy atom. The molecule has 0 atom stereocenters. The normalized spacial score (nSPS) is 11.7. The number of rotatable bonds is 4. The summed E-state index contributed by atoms with van der Waals surface area (Å²) in [6, 6.07) is 13.9. The maximum absolute atomic E-state index is 12.9. The van der Waals surface area contributed by atoms with Crippen molar-refractivity contribution in [2.24, 2.45) is 0 Å². The first-order valence-electron chi connectivity index (χ1n) is 8.20. The lowest BCUT2D eigenvalue weighted by molar-refractivity contribution is 0.602. The molecule has 136 valence electrons. The van der Waals surface area contributed by atoms with Crippen LogP contribution in [0.5, 0.6) is 0 Å². The molecule has 0 spiro atoms. The zero-order valence-corrected chi connectivity index (χ0v) is 15.3. The van der Waals surface area contributed by atoms with Gasteiger partial charge in [0.25, 0.3) is 5.56 Å². The van der Waals surface area contributed by atoms with Crippen LogP contribution < -0.4 is 5.56 Å².